The van der Waals surface area contributed by atoms with Crippen LogP contribution in [0.3, 0.4) is 0 Å². The predicted octanol–water partition coefficient (Wildman–Crippen LogP) is 8.97. The van der Waals surface area contributed by atoms with E-state index in [9.17, 15) is 10.1 Å². The fraction of sp³-hybridized carbons (Fsp3) is 0.903. The topological polar surface area (TPSA) is 108 Å². The number of carbonyl (C=O) groups excluding carboxylic acids is 1. The summed E-state index contributed by atoms with van der Waals surface area (Å²) in [5.41, 5.74) is 11.5. The van der Waals surface area contributed by atoms with Gasteiger partial charge in [0.1, 0.15) is 0 Å². The first-order valence-electron chi connectivity index (χ1n) is 11.0. The lowest BCUT2D eigenvalue weighted by molar-refractivity contribution is -0.130. The van der Waals surface area contributed by atoms with Gasteiger partial charge in [-0.25, -0.2) is 0 Å². The van der Waals surface area contributed by atoms with Crippen LogP contribution in [0.2, 0.25) is 0 Å². The van der Waals surface area contributed by atoms with Crippen LogP contribution < -0.4 is 11.5 Å². The third-order valence-electron chi connectivity index (χ3n) is 6.37. The highest BCUT2D eigenvalue weighted by molar-refractivity contribution is 5.73. The molecule has 0 aromatic heterocycles. The summed E-state index contributed by atoms with van der Waals surface area (Å²) in [7, 11) is 1.85. The van der Waals surface area contributed by atoms with Crippen LogP contribution in [0.15, 0.2) is 4.99 Å². The number of nitriles is 1. The highest BCUT2D eigenvalue weighted by Crippen LogP contribution is 2.33. The van der Waals surface area contributed by atoms with E-state index in [1.54, 1.807) is 11.8 Å². The third-order valence-corrected chi connectivity index (χ3v) is 6.37. The molecular formula is C31H77N5O. The van der Waals surface area contributed by atoms with Crippen molar-refractivity contribution in [1.29, 1.82) is 5.26 Å². The Bertz CT molecular complexity index is 544. The summed E-state index contributed by atoms with van der Waals surface area (Å²) in [5, 5.41) is 9.85. The molecule has 0 aromatic carbocycles. The van der Waals surface area contributed by atoms with Gasteiger partial charge in [0.15, 0.2) is 0 Å². The monoisotopic (exact) mass is 536 g/mol. The Morgan fingerprint density at radius 3 is 1.78 bits per heavy atom. The van der Waals surface area contributed by atoms with Crippen molar-refractivity contribution in [3.8, 4) is 6.07 Å². The zero-order chi connectivity index (χ0) is 22.7. The number of nitrogens with two attached hydrogens (primary N) is 2. The molecule has 0 fully saturated rings. The molecule has 0 bridgehead atoms. The fourth-order valence-electron chi connectivity index (χ4n) is 3.59. The van der Waals surface area contributed by atoms with Crippen molar-refractivity contribution in [3.63, 3.8) is 0 Å². The molecule has 0 spiro atoms. The molecule has 0 aliphatic rings. The minimum Gasteiger partial charge on any atom is -0.343 e. The second-order valence-corrected chi connectivity index (χ2v) is 9.69. The molecule has 1 amide bonds. The van der Waals surface area contributed by atoms with Gasteiger partial charge in [-0.15, -0.1) is 0 Å². The summed E-state index contributed by atoms with van der Waals surface area (Å²) in [6.07, 6.45) is 6.70. The second-order valence-electron chi connectivity index (χ2n) is 9.69. The summed E-state index contributed by atoms with van der Waals surface area (Å²) < 4.78 is 0. The molecule has 37 heavy (non-hydrogen) atoms. The van der Waals surface area contributed by atoms with E-state index in [-0.39, 0.29) is 88.9 Å². The first kappa shape index (κ1) is 60.2. The molecule has 0 rings (SSSR count). The quantitative estimate of drug-likeness (QED) is 0.204. The Morgan fingerprint density at radius 2 is 1.43 bits per heavy atom. The third kappa shape index (κ3) is 24.6. The van der Waals surface area contributed by atoms with E-state index in [0.717, 1.165) is 51.4 Å². The van der Waals surface area contributed by atoms with Gasteiger partial charge in [0.05, 0.1) is 11.5 Å². The molecule has 6 heteroatoms. The van der Waals surface area contributed by atoms with Crippen LogP contribution in [0.25, 0.3) is 0 Å². The van der Waals surface area contributed by atoms with Gasteiger partial charge in [-0.1, -0.05) is 80.2 Å². The van der Waals surface area contributed by atoms with Gasteiger partial charge in [0, 0.05) is 32.1 Å². The molecule has 0 saturated heterocycles. The molecule has 4 atom stereocenters. The molecule has 0 radical (unpaired) electrons. The standard InChI is InChI=1S/C23H45N5O.8CH4/c1-8-19(26)9-10-21(28(7)18(2)29)12-14-23(5,17-25)13-11-20(27-6)15-22(3,4)16-24;;;;;;;;/h19-21H,6,8-16,24,26H2,1-5,7H3;8*1H4. The summed E-state index contributed by atoms with van der Waals surface area (Å²) in [6.45, 7) is 14.3. The minimum atomic E-state index is -0.446. The molecule has 0 aliphatic heterocycles. The van der Waals surface area contributed by atoms with Crippen molar-refractivity contribution in [2.75, 3.05) is 13.6 Å². The minimum absolute atomic E-state index is 0. The van der Waals surface area contributed by atoms with Crippen molar-refractivity contribution in [2.24, 2.45) is 27.3 Å². The second kappa shape index (κ2) is 29.1. The van der Waals surface area contributed by atoms with E-state index in [1.807, 2.05) is 14.0 Å². The van der Waals surface area contributed by atoms with E-state index in [1.165, 1.54) is 0 Å². The number of nitrogens with zero attached hydrogens (tertiary/aromatic N) is 3. The number of carbonyl (C=O) groups is 1. The van der Waals surface area contributed by atoms with Gasteiger partial charge in [0.2, 0.25) is 5.91 Å². The molecule has 232 valence electrons. The Balaban J connectivity index is -0.000000140. The maximum Gasteiger partial charge on any atom is 0.219 e. The molecule has 4 unspecified atom stereocenters. The fourth-order valence-corrected chi connectivity index (χ4v) is 3.59. The lowest BCUT2D eigenvalue weighted by Crippen LogP contribution is -2.37. The Kier molecular flexibility index (Phi) is 47.4. The van der Waals surface area contributed by atoms with Crippen LogP contribution in [-0.2, 0) is 4.79 Å². The van der Waals surface area contributed by atoms with Gasteiger partial charge in [-0.2, -0.15) is 5.26 Å². The Morgan fingerprint density at radius 1 is 0.973 bits per heavy atom. The van der Waals surface area contributed by atoms with Gasteiger partial charge < -0.3 is 16.4 Å². The van der Waals surface area contributed by atoms with E-state index < -0.39 is 5.41 Å². The summed E-state index contributed by atoms with van der Waals surface area (Å²) >= 11 is 0. The van der Waals surface area contributed by atoms with Crippen LogP contribution in [0.1, 0.15) is 145 Å². The van der Waals surface area contributed by atoms with Crippen molar-refractivity contribution in [1.82, 2.24) is 4.90 Å². The first-order chi connectivity index (χ1) is 13.4. The number of aliphatic imine (C=N–C) groups is 1. The van der Waals surface area contributed by atoms with Gasteiger partial charge in [-0.3, -0.25) is 9.79 Å². The highest BCUT2D eigenvalue weighted by Gasteiger charge is 2.29. The molecule has 0 heterocycles. The number of hydrogen-bond acceptors (Lipinski definition) is 5. The lowest BCUT2D eigenvalue weighted by atomic mass is 9.77. The molecule has 0 aromatic rings. The van der Waals surface area contributed by atoms with E-state index in [0.29, 0.717) is 6.54 Å². The average molecular weight is 536 g/mol. The number of rotatable bonds is 15. The zero-order valence-electron chi connectivity index (χ0n) is 19.7. The Hall–Kier alpha value is -1.45. The maximum absolute atomic E-state index is 11.9. The number of amides is 1. The van der Waals surface area contributed by atoms with Crippen molar-refractivity contribution >= 4 is 12.6 Å². The average Bonchev–Trinajstić information content (AvgIpc) is 2.70. The largest absolute Gasteiger partial charge is 0.343 e. The van der Waals surface area contributed by atoms with Crippen molar-refractivity contribution in [3.05, 3.63) is 0 Å². The summed E-state index contributed by atoms with van der Waals surface area (Å²) in [5.74, 6) is 0.0543. The van der Waals surface area contributed by atoms with Crippen LogP contribution in [-0.4, -0.2) is 49.2 Å². The van der Waals surface area contributed by atoms with Gasteiger partial charge in [0.25, 0.3) is 0 Å². The van der Waals surface area contributed by atoms with E-state index >= 15 is 0 Å². The zero-order valence-corrected chi connectivity index (χ0v) is 19.7. The Labute approximate surface area is 238 Å². The van der Waals surface area contributed by atoms with Crippen molar-refractivity contribution in [2.45, 2.75) is 164 Å². The van der Waals surface area contributed by atoms with Crippen LogP contribution in [0, 0.1) is 22.2 Å². The lowest BCUT2D eigenvalue weighted by Gasteiger charge is -2.32. The normalized spacial score (nSPS) is 13.3. The van der Waals surface area contributed by atoms with Crippen LogP contribution in [0.4, 0.5) is 0 Å². The smallest absolute Gasteiger partial charge is 0.219 e. The highest BCUT2D eigenvalue weighted by atomic mass is 16.2. The first-order valence-corrected chi connectivity index (χ1v) is 11.0. The molecule has 6 nitrogen and oxygen atoms in total. The van der Waals surface area contributed by atoms with Crippen molar-refractivity contribution < 1.29 is 4.79 Å². The SMILES string of the molecule is C.C.C.C.C.C.C.C.C=NC(CCC(C)(C#N)CCC(CCC(N)CC)N(C)C(C)=O)CC(C)(C)CN. The molecule has 4 N–H and O–H groups in total. The van der Waals surface area contributed by atoms with Gasteiger partial charge in [-0.05, 0) is 77.0 Å². The summed E-state index contributed by atoms with van der Waals surface area (Å²) in [6, 6.07) is 2.90. The summed E-state index contributed by atoms with van der Waals surface area (Å²) in [4.78, 5) is 18.0. The maximum atomic E-state index is 11.9. The molecular weight excluding hydrogens is 458 g/mol. The van der Waals surface area contributed by atoms with E-state index in [4.69, 9.17) is 11.5 Å². The number of hydrogen-bond donors (Lipinski definition) is 2. The predicted molar refractivity (Wildman–Crippen MR) is 177 cm³/mol. The molecule has 0 aliphatic carbocycles. The van der Waals surface area contributed by atoms with Crippen LogP contribution >= 0.6 is 0 Å². The van der Waals surface area contributed by atoms with Gasteiger partial charge >= 0.3 is 0 Å². The molecule has 0 saturated carbocycles. The van der Waals surface area contributed by atoms with Crippen LogP contribution in [0.5, 0.6) is 0 Å². The van der Waals surface area contributed by atoms with E-state index in [2.05, 4.69) is 38.6 Å².